The van der Waals surface area contributed by atoms with Gasteiger partial charge in [-0.3, -0.25) is 0 Å². The Hall–Kier alpha value is -0.490. The number of thiazole rings is 1. The van der Waals surface area contributed by atoms with Crippen LogP contribution < -0.4 is 5.32 Å². The van der Waals surface area contributed by atoms with E-state index in [1.807, 2.05) is 11.3 Å². The predicted molar refractivity (Wildman–Crippen MR) is 82.0 cm³/mol. The van der Waals surface area contributed by atoms with Crippen molar-refractivity contribution < 1.29 is 4.74 Å². The molecule has 0 aliphatic rings. The number of ether oxygens (including phenoxy) is 1. The number of nitrogens with one attached hydrogen (secondary N) is 1. The van der Waals surface area contributed by atoms with Gasteiger partial charge >= 0.3 is 0 Å². The Kier molecular flexibility index (Phi) is 7.53. The zero-order valence-electron chi connectivity index (χ0n) is 12.8. The van der Waals surface area contributed by atoms with Gasteiger partial charge in [-0.2, -0.15) is 0 Å². The highest BCUT2D eigenvalue weighted by atomic mass is 32.1. The van der Waals surface area contributed by atoms with Crippen molar-refractivity contribution in [1.82, 2.24) is 15.2 Å². The lowest BCUT2D eigenvalue weighted by atomic mass is 10.1. The normalized spacial score (nSPS) is 11.7. The fourth-order valence-electron chi connectivity index (χ4n) is 1.79. The van der Waals surface area contributed by atoms with Gasteiger partial charge in [0.05, 0.1) is 17.3 Å². The minimum absolute atomic E-state index is 0.489. The van der Waals surface area contributed by atoms with Crippen molar-refractivity contribution in [1.29, 1.82) is 0 Å². The molecule has 1 aromatic rings. The summed E-state index contributed by atoms with van der Waals surface area (Å²) in [6, 6.07) is 0. The Morgan fingerprint density at radius 1 is 1.37 bits per heavy atom. The first kappa shape index (κ1) is 16.6. The molecule has 0 radical (unpaired) electrons. The summed E-state index contributed by atoms with van der Waals surface area (Å²) in [7, 11) is 5.93. The highest BCUT2D eigenvalue weighted by Gasteiger charge is 2.13. The maximum Gasteiger partial charge on any atom is 0.0944 e. The fraction of sp³-hybridized carbons (Fsp3) is 0.786. The summed E-state index contributed by atoms with van der Waals surface area (Å²) in [5.41, 5.74) is 1.25. The quantitative estimate of drug-likeness (QED) is 0.705. The first-order valence-corrected chi connectivity index (χ1v) is 7.69. The molecule has 0 bridgehead atoms. The molecule has 0 atom stereocenters. The Bertz CT molecular complexity index is 364. The highest BCUT2D eigenvalue weighted by Crippen LogP contribution is 2.25. The second kappa shape index (κ2) is 8.64. The highest BCUT2D eigenvalue weighted by molar-refractivity contribution is 7.11. The molecule has 0 saturated carbocycles. The molecule has 110 valence electrons. The van der Waals surface area contributed by atoms with Gasteiger partial charge in [0.25, 0.3) is 0 Å². The van der Waals surface area contributed by atoms with E-state index in [4.69, 9.17) is 9.72 Å². The standard InChI is InChI=1S/C14H27N3OS/c1-11(2)14-12(10-15-7-9-18-5)19-13(16-14)6-8-17(3)4/h11,15H,6-10H2,1-5H3. The molecule has 1 aromatic heterocycles. The van der Waals surface area contributed by atoms with E-state index in [1.165, 1.54) is 15.6 Å². The smallest absolute Gasteiger partial charge is 0.0944 e. The number of hydrogen-bond donors (Lipinski definition) is 1. The minimum atomic E-state index is 0.489. The van der Waals surface area contributed by atoms with E-state index in [1.54, 1.807) is 7.11 Å². The van der Waals surface area contributed by atoms with Crippen LogP contribution in [0.3, 0.4) is 0 Å². The third-order valence-electron chi connectivity index (χ3n) is 2.86. The molecular weight excluding hydrogens is 258 g/mol. The summed E-state index contributed by atoms with van der Waals surface area (Å²) in [5.74, 6) is 0.489. The fourth-order valence-corrected chi connectivity index (χ4v) is 2.98. The van der Waals surface area contributed by atoms with E-state index in [9.17, 15) is 0 Å². The molecule has 0 aliphatic carbocycles. The second-order valence-electron chi connectivity index (χ2n) is 5.29. The van der Waals surface area contributed by atoms with Gasteiger partial charge in [0, 0.05) is 38.0 Å². The lowest BCUT2D eigenvalue weighted by Gasteiger charge is -2.06. The van der Waals surface area contributed by atoms with Gasteiger partial charge in [0.2, 0.25) is 0 Å². The molecule has 0 fully saturated rings. The van der Waals surface area contributed by atoms with Gasteiger partial charge < -0.3 is 15.0 Å². The second-order valence-corrected chi connectivity index (χ2v) is 6.46. The van der Waals surface area contributed by atoms with Crippen LogP contribution in [0.15, 0.2) is 0 Å². The number of aromatic nitrogens is 1. The average Bonchev–Trinajstić information content (AvgIpc) is 2.76. The van der Waals surface area contributed by atoms with Crippen molar-refractivity contribution in [3.05, 3.63) is 15.6 Å². The zero-order valence-corrected chi connectivity index (χ0v) is 13.6. The SMILES string of the molecule is COCCNCc1sc(CCN(C)C)nc1C(C)C. The number of nitrogens with zero attached hydrogens (tertiary/aromatic N) is 2. The monoisotopic (exact) mass is 285 g/mol. The third-order valence-corrected chi connectivity index (χ3v) is 3.99. The molecule has 1 heterocycles. The van der Waals surface area contributed by atoms with Crippen LogP contribution in [0, 0.1) is 0 Å². The van der Waals surface area contributed by atoms with Crippen LogP contribution in [0.2, 0.25) is 0 Å². The molecule has 0 aromatic carbocycles. The van der Waals surface area contributed by atoms with Crippen molar-refractivity contribution in [2.24, 2.45) is 0 Å². The Balaban J connectivity index is 2.61. The van der Waals surface area contributed by atoms with Gasteiger partial charge in [-0.15, -0.1) is 11.3 Å². The van der Waals surface area contributed by atoms with Gasteiger partial charge in [-0.05, 0) is 20.0 Å². The first-order chi connectivity index (χ1) is 9.04. The van der Waals surface area contributed by atoms with E-state index in [0.717, 1.165) is 32.7 Å². The molecule has 19 heavy (non-hydrogen) atoms. The molecule has 0 spiro atoms. The van der Waals surface area contributed by atoms with Crippen molar-refractivity contribution in [3.8, 4) is 0 Å². The summed E-state index contributed by atoms with van der Waals surface area (Å²) in [6.45, 7) is 8.02. The maximum atomic E-state index is 5.05. The van der Waals surface area contributed by atoms with Crippen LogP contribution >= 0.6 is 11.3 Å². The van der Waals surface area contributed by atoms with E-state index < -0.39 is 0 Å². The van der Waals surface area contributed by atoms with Crippen molar-refractivity contribution in [2.45, 2.75) is 32.7 Å². The van der Waals surface area contributed by atoms with Gasteiger partial charge in [0.1, 0.15) is 0 Å². The third kappa shape index (κ3) is 5.99. The number of likely N-dealkylation sites (N-methyl/N-ethyl adjacent to an activating group) is 1. The molecule has 1 rings (SSSR count). The first-order valence-electron chi connectivity index (χ1n) is 6.87. The van der Waals surface area contributed by atoms with E-state index in [-0.39, 0.29) is 0 Å². The van der Waals surface area contributed by atoms with Crippen LogP contribution in [0.5, 0.6) is 0 Å². The molecule has 0 amide bonds. The number of rotatable bonds is 9. The molecule has 0 aliphatic heterocycles. The number of methoxy groups -OCH3 is 1. The Morgan fingerprint density at radius 3 is 2.68 bits per heavy atom. The zero-order chi connectivity index (χ0) is 14.3. The average molecular weight is 285 g/mol. The van der Waals surface area contributed by atoms with Gasteiger partial charge in [-0.1, -0.05) is 13.8 Å². The van der Waals surface area contributed by atoms with Crippen LogP contribution in [-0.4, -0.2) is 50.8 Å². The van der Waals surface area contributed by atoms with Crippen LogP contribution in [0.25, 0.3) is 0 Å². The topological polar surface area (TPSA) is 37.4 Å². The van der Waals surface area contributed by atoms with Crippen LogP contribution in [-0.2, 0) is 17.7 Å². The Labute approximate surface area is 121 Å². The van der Waals surface area contributed by atoms with Gasteiger partial charge in [0.15, 0.2) is 0 Å². The summed E-state index contributed by atoms with van der Waals surface area (Å²) in [4.78, 5) is 8.38. The number of hydrogen-bond acceptors (Lipinski definition) is 5. The molecule has 0 saturated heterocycles. The van der Waals surface area contributed by atoms with Crippen LogP contribution in [0.4, 0.5) is 0 Å². The molecule has 5 heteroatoms. The van der Waals surface area contributed by atoms with Crippen LogP contribution in [0.1, 0.15) is 35.3 Å². The summed E-state index contributed by atoms with van der Waals surface area (Å²) in [5, 5.41) is 4.66. The lowest BCUT2D eigenvalue weighted by Crippen LogP contribution is -2.18. The van der Waals surface area contributed by atoms with E-state index >= 15 is 0 Å². The summed E-state index contributed by atoms with van der Waals surface area (Å²) in [6.07, 6.45) is 1.04. The lowest BCUT2D eigenvalue weighted by molar-refractivity contribution is 0.199. The van der Waals surface area contributed by atoms with E-state index in [2.05, 4.69) is 38.2 Å². The molecule has 4 nitrogen and oxygen atoms in total. The maximum absolute atomic E-state index is 5.05. The minimum Gasteiger partial charge on any atom is -0.383 e. The summed E-state index contributed by atoms with van der Waals surface area (Å²) >= 11 is 1.85. The largest absolute Gasteiger partial charge is 0.383 e. The molecule has 0 unspecified atom stereocenters. The Morgan fingerprint density at radius 2 is 2.11 bits per heavy atom. The van der Waals surface area contributed by atoms with Crippen molar-refractivity contribution in [3.63, 3.8) is 0 Å². The van der Waals surface area contributed by atoms with Crippen molar-refractivity contribution in [2.75, 3.05) is 40.9 Å². The van der Waals surface area contributed by atoms with Crippen molar-refractivity contribution >= 4 is 11.3 Å². The van der Waals surface area contributed by atoms with Gasteiger partial charge in [-0.25, -0.2) is 4.98 Å². The molecular formula is C14H27N3OS. The van der Waals surface area contributed by atoms with E-state index in [0.29, 0.717) is 5.92 Å². The summed E-state index contributed by atoms with van der Waals surface area (Å²) < 4.78 is 5.05. The predicted octanol–water partition coefficient (Wildman–Crippen LogP) is 2.11. The molecule has 1 N–H and O–H groups in total.